The van der Waals surface area contributed by atoms with Crippen molar-refractivity contribution in [3.63, 3.8) is 0 Å². The maximum Gasteiger partial charge on any atom is 0.240 e. The largest absolute Gasteiger partial charge is 0.399 e. The van der Waals surface area contributed by atoms with Gasteiger partial charge in [0, 0.05) is 18.3 Å². The molecule has 0 saturated heterocycles. The Hall–Kier alpha value is -1.27. The SMILES string of the molecule is CC(C)CN(c1ccc(N)cc1S(N)(=O)=O)C1CC1. The van der Waals surface area contributed by atoms with Crippen molar-refractivity contribution in [3.05, 3.63) is 18.2 Å². The van der Waals surface area contributed by atoms with E-state index in [1.807, 2.05) is 0 Å². The van der Waals surface area contributed by atoms with Gasteiger partial charge >= 0.3 is 0 Å². The van der Waals surface area contributed by atoms with Crippen molar-refractivity contribution in [1.82, 2.24) is 0 Å². The van der Waals surface area contributed by atoms with E-state index in [2.05, 4.69) is 18.7 Å². The molecule has 19 heavy (non-hydrogen) atoms. The third kappa shape index (κ3) is 3.39. The van der Waals surface area contributed by atoms with Crippen molar-refractivity contribution < 1.29 is 8.42 Å². The lowest BCUT2D eigenvalue weighted by Gasteiger charge is -2.28. The summed E-state index contributed by atoms with van der Waals surface area (Å²) >= 11 is 0. The molecular formula is C13H21N3O2S. The van der Waals surface area contributed by atoms with E-state index in [4.69, 9.17) is 10.9 Å². The Labute approximate surface area is 114 Å². The van der Waals surface area contributed by atoms with Crippen molar-refractivity contribution in [1.29, 1.82) is 0 Å². The first kappa shape index (κ1) is 14.1. The summed E-state index contributed by atoms with van der Waals surface area (Å²) in [6.45, 7) is 5.05. The van der Waals surface area contributed by atoms with Crippen LogP contribution in [0, 0.1) is 5.92 Å². The average Bonchev–Trinajstić information content (AvgIpc) is 3.08. The number of primary sulfonamides is 1. The Balaban J connectivity index is 2.47. The smallest absolute Gasteiger partial charge is 0.240 e. The highest BCUT2D eigenvalue weighted by Gasteiger charge is 2.32. The number of sulfonamides is 1. The van der Waals surface area contributed by atoms with Crippen LogP contribution in [-0.2, 0) is 10.0 Å². The number of nitrogens with two attached hydrogens (primary N) is 2. The first-order chi connectivity index (χ1) is 8.79. The number of hydrogen-bond acceptors (Lipinski definition) is 4. The van der Waals surface area contributed by atoms with Crippen molar-refractivity contribution in [2.45, 2.75) is 37.6 Å². The van der Waals surface area contributed by atoms with Crippen LogP contribution in [0.3, 0.4) is 0 Å². The first-order valence-corrected chi connectivity index (χ1v) is 8.02. The first-order valence-electron chi connectivity index (χ1n) is 6.48. The van der Waals surface area contributed by atoms with Gasteiger partial charge in [0.15, 0.2) is 0 Å². The summed E-state index contributed by atoms with van der Waals surface area (Å²) in [5.74, 6) is 0.450. The van der Waals surface area contributed by atoms with Gasteiger partial charge in [-0.15, -0.1) is 0 Å². The lowest BCUT2D eigenvalue weighted by atomic mass is 10.1. The van der Waals surface area contributed by atoms with Crippen LogP contribution >= 0.6 is 0 Å². The molecule has 0 unspecified atom stereocenters. The second-order valence-electron chi connectivity index (χ2n) is 5.55. The lowest BCUT2D eigenvalue weighted by Crippen LogP contribution is -2.31. The van der Waals surface area contributed by atoms with Crippen LogP contribution in [-0.4, -0.2) is 21.0 Å². The highest BCUT2D eigenvalue weighted by Crippen LogP contribution is 2.36. The van der Waals surface area contributed by atoms with E-state index in [0.717, 1.165) is 19.4 Å². The number of nitrogens with zero attached hydrogens (tertiary/aromatic N) is 1. The minimum atomic E-state index is -3.76. The van der Waals surface area contributed by atoms with Crippen LogP contribution in [0.1, 0.15) is 26.7 Å². The van der Waals surface area contributed by atoms with E-state index in [0.29, 0.717) is 23.3 Å². The monoisotopic (exact) mass is 283 g/mol. The van der Waals surface area contributed by atoms with Crippen LogP contribution in [0.5, 0.6) is 0 Å². The second kappa shape index (κ2) is 5.02. The lowest BCUT2D eigenvalue weighted by molar-refractivity contribution is 0.590. The molecule has 0 bridgehead atoms. The minimum Gasteiger partial charge on any atom is -0.399 e. The molecule has 4 N–H and O–H groups in total. The normalized spacial score (nSPS) is 15.8. The van der Waals surface area contributed by atoms with Gasteiger partial charge in [-0.2, -0.15) is 0 Å². The summed E-state index contributed by atoms with van der Waals surface area (Å²) in [6.07, 6.45) is 2.20. The third-order valence-corrected chi connectivity index (χ3v) is 4.09. The van der Waals surface area contributed by atoms with E-state index in [9.17, 15) is 8.42 Å². The maximum atomic E-state index is 11.7. The number of hydrogen-bond donors (Lipinski definition) is 2. The zero-order valence-electron chi connectivity index (χ0n) is 11.3. The second-order valence-corrected chi connectivity index (χ2v) is 7.08. The van der Waals surface area contributed by atoms with E-state index >= 15 is 0 Å². The molecule has 1 fully saturated rings. The van der Waals surface area contributed by atoms with Gasteiger partial charge in [0.25, 0.3) is 0 Å². The molecule has 1 aromatic rings. The average molecular weight is 283 g/mol. The fourth-order valence-corrected chi connectivity index (χ4v) is 3.00. The molecule has 1 saturated carbocycles. The minimum absolute atomic E-state index is 0.125. The van der Waals surface area contributed by atoms with Gasteiger partial charge in [-0.05, 0) is 37.0 Å². The summed E-state index contributed by atoms with van der Waals surface area (Å²) in [5.41, 5.74) is 6.76. The Kier molecular flexibility index (Phi) is 3.73. The zero-order valence-corrected chi connectivity index (χ0v) is 12.2. The van der Waals surface area contributed by atoms with Gasteiger partial charge in [0.1, 0.15) is 4.90 Å². The van der Waals surface area contributed by atoms with E-state index in [1.165, 1.54) is 6.07 Å². The molecule has 1 aromatic carbocycles. The van der Waals surface area contributed by atoms with Crippen molar-refractivity contribution in [3.8, 4) is 0 Å². The van der Waals surface area contributed by atoms with Gasteiger partial charge in [0.2, 0.25) is 10.0 Å². The van der Waals surface area contributed by atoms with E-state index in [-0.39, 0.29) is 4.90 Å². The summed E-state index contributed by atoms with van der Waals surface area (Å²) < 4.78 is 23.5. The molecule has 1 aliphatic carbocycles. The fourth-order valence-electron chi connectivity index (χ4n) is 2.22. The molecule has 0 heterocycles. The van der Waals surface area contributed by atoms with Crippen LogP contribution in [0.2, 0.25) is 0 Å². The summed E-state index contributed by atoms with van der Waals surface area (Å²) in [5, 5.41) is 5.31. The number of nitrogen functional groups attached to an aromatic ring is 1. The predicted molar refractivity (Wildman–Crippen MR) is 77.4 cm³/mol. The molecule has 2 rings (SSSR count). The molecule has 106 valence electrons. The van der Waals surface area contributed by atoms with Crippen molar-refractivity contribution in [2.75, 3.05) is 17.2 Å². The standard InChI is InChI=1S/C13H21N3O2S/c1-9(2)8-16(11-4-5-11)12-6-3-10(14)7-13(12)19(15,17)18/h3,6-7,9,11H,4-5,8,14H2,1-2H3,(H2,15,17,18). The van der Waals surface area contributed by atoms with E-state index < -0.39 is 10.0 Å². The van der Waals surface area contributed by atoms with Crippen LogP contribution < -0.4 is 15.8 Å². The number of benzene rings is 1. The fraction of sp³-hybridized carbons (Fsp3) is 0.538. The molecule has 1 aliphatic rings. The van der Waals surface area contributed by atoms with Crippen molar-refractivity contribution >= 4 is 21.4 Å². The summed E-state index contributed by atoms with van der Waals surface area (Å²) in [7, 11) is -3.76. The van der Waals surface area contributed by atoms with Crippen LogP contribution in [0.15, 0.2) is 23.1 Å². The van der Waals surface area contributed by atoms with Gasteiger partial charge in [-0.1, -0.05) is 13.8 Å². The molecule has 0 aliphatic heterocycles. The summed E-state index contributed by atoms with van der Waals surface area (Å²) in [4.78, 5) is 2.27. The molecule has 0 spiro atoms. The molecule has 0 amide bonds. The van der Waals surface area contributed by atoms with Gasteiger partial charge in [0.05, 0.1) is 5.69 Å². The molecule has 0 aromatic heterocycles. The van der Waals surface area contributed by atoms with Crippen molar-refractivity contribution in [2.24, 2.45) is 11.1 Å². The highest BCUT2D eigenvalue weighted by atomic mass is 32.2. The molecule has 6 heteroatoms. The molecule has 5 nitrogen and oxygen atoms in total. The Morgan fingerprint density at radius 3 is 2.47 bits per heavy atom. The third-order valence-electron chi connectivity index (χ3n) is 3.15. The predicted octanol–water partition coefficient (Wildman–Crippen LogP) is 1.54. The topological polar surface area (TPSA) is 89.4 Å². The molecule has 0 atom stereocenters. The Morgan fingerprint density at radius 2 is 2.00 bits per heavy atom. The zero-order chi connectivity index (χ0) is 14.2. The number of rotatable bonds is 5. The van der Waals surface area contributed by atoms with Gasteiger partial charge in [-0.3, -0.25) is 0 Å². The Morgan fingerprint density at radius 1 is 1.37 bits per heavy atom. The Bertz CT molecular complexity index is 565. The maximum absolute atomic E-state index is 11.7. The molecular weight excluding hydrogens is 262 g/mol. The quantitative estimate of drug-likeness (QED) is 0.802. The van der Waals surface area contributed by atoms with E-state index in [1.54, 1.807) is 12.1 Å². The van der Waals surface area contributed by atoms with Crippen LogP contribution in [0.25, 0.3) is 0 Å². The summed E-state index contributed by atoms with van der Waals surface area (Å²) in [6, 6.07) is 5.35. The molecule has 0 radical (unpaired) electrons. The van der Waals surface area contributed by atoms with Gasteiger partial charge < -0.3 is 10.6 Å². The number of anilines is 2. The van der Waals surface area contributed by atoms with Gasteiger partial charge in [-0.25, -0.2) is 13.6 Å². The highest BCUT2D eigenvalue weighted by molar-refractivity contribution is 7.89. The van der Waals surface area contributed by atoms with Crippen LogP contribution in [0.4, 0.5) is 11.4 Å².